The zero-order valence-corrected chi connectivity index (χ0v) is 8.11. The predicted molar refractivity (Wildman–Crippen MR) is 49.6 cm³/mol. The van der Waals surface area contributed by atoms with Crippen LogP contribution >= 0.6 is 0 Å². The molecular formula is C11H10F2O2. The monoisotopic (exact) mass is 212 g/mol. The van der Waals surface area contributed by atoms with E-state index in [1.165, 1.54) is 0 Å². The molecule has 0 aliphatic heterocycles. The minimum Gasteiger partial charge on any atom is -0.469 e. The lowest BCUT2D eigenvalue weighted by atomic mass is 10.1. The molecule has 0 spiro atoms. The zero-order chi connectivity index (χ0) is 11.1. The maximum atomic E-state index is 13.3. The van der Waals surface area contributed by atoms with Crippen molar-refractivity contribution in [2.75, 3.05) is 7.11 Å². The summed E-state index contributed by atoms with van der Waals surface area (Å²) >= 11 is 0. The van der Waals surface area contributed by atoms with Crippen molar-refractivity contribution in [3.05, 3.63) is 35.9 Å². The number of alkyl halides is 2. The van der Waals surface area contributed by atoms with Gasteiger partial charge in [0.25, 0.3) is 5.92 Å². The van der Waals surface area contributed by atoms with Crippen LogP contribution in [0.4, 0.5) is 8.78 Å². The number of hydrogen-bond acceptors (Lipinski definition) is 2. The van der Waals surface area contributed by atoms with E-state index in [1.54, 1.807) is 30.3 Å². The van der Waals surface area contributed by atoms with Gasteiger partial charge in [-0.15, -0.1) is 0 Å². The maximum absolute atomic E-state index is 13.3. The summed E-state index contributed by atoms with van der Waals surface area (Å²) in [7, 11) is 1.12. The quantitative estimate of drug-likeness (QED) is 0.702. The highest BCUT2D eigenvalue weighted by Gasteiger charge is 2.73. The molecule has 0 heterocycles. The second-order valence-electron chi connectivity index (χ2n) is 3.56. The van der Waals surface area contributed by atoms with Crippen LogP contribution in [0.1, 0.15) is 11.5 Å². The van der Waals surface area contributed by atoms with Crippen molar-refractivity contribution < 1.29 is 18.3 Å². The van der Waals surface area contributed by atoms with Crippen molar-refractivity contribution in [2.45, 2.75) is 11.8 Å². The summed E-state index contributed by atoms with van der Waals surface area (Å²) in [5.41, 5.74) is 0.484. The van der Waals surface area contributed by atoms with E-state index in [1.807, 2.05) is 0 Å². The van der Waals surface area contributed by atoms with Crippen LogP contribution in [0, 0.1) is 5.92 Å². The van der Waals surface area contributed by atoms with Crippen molar-refractivity contribution in [3.8, 4) is 0 Å². The standard InChI is InChI=1S/C11H10F2O2/c1-15-10(14)9-8(11(9,12)13)7-5-3-2-4-6-7/h2-6,8-9H,1H3/t8-,9-/m0/s1. The number of esters is 1. The average Bonchev–Trinajstić information content (AvgIpc) is 2.82. The fourth-order valence-electron chi connectivity index (χ4n) is 1.82. The molecule has 1 aromatic rings. The van der Waals surface area contributed by atoms with Crippen LogP contribution in [0.3, 0.4) is 0 Å². The number of hydrogen-bond donors (Lipinski definition) is 0. The molecule has 1 aliphatic carbocycles. The molecule has 0 aromatic heterocycles. The van der Waals surface area contributed by atoms with Crippen LogP contribution in [0.15, 0.2) is 30.3 Å². The maximum Gasteiger partial charge on any atom is 0.315 e. The molecule has 1 aliphatic rings. The van der Waals surface area contributed by atoms with E-state index in [9.17, 15) is 13.6 Å². The van der Waals surface area contributed by atoms with Gasteiger partial charge in [-0.05, 0) is 5.56 Å². The van der Waals surface area contributed by atoms with E-state index in [-0.39, 0.29) is 0 Å². The number of rotatable bonds is 2. The summed E-state index contributed by atoms with van der Waals surface area (Å²) in [6.45, 7) is 0. The highest BCUT2D eigenvalue weighted by Crippen LogP contribution is 2.61. The third-order valence-electron chi connectivity index (χ3n) is 2.67. The largest absolute Gasteiger partial charge is 0.469 e. The van der Waals surface area contributed by atoms with Gasteiger partial charge < -0.3 is 4.74 Å². The van der Waals surface area contributed by atoms with Crippen LogP contribution in [-0.2, 0) is 9.53 Å². The van der Waals surface area contributed by atoms with Gasteiger partial charge in [-0.2, -0.15) is 0 Å². The van der Waals surface area contributed by atoms with E-state index in [0.29, 0.717) is 5.56 Å². The van der Waals surface area contributed by atoms with Crippen molar-refractivity contribution in [3.63, 3.8) is 0 Å². The Morgan fingerprint density at radius 3 is 2.47 bits per heavy atom. The lowest BCUT2D eigenvalue weighted by Gasteiger charge is -1.96. The third-order valence-corrected chi connectivity index (χ3v) is 2.67. The van der Waals surface area contributed by atoms with Gasteiger partial charge in [-0.1, -0.05) is 30.3 Å². The number of halogens is 2. The molecule has 1 saturated carbocycles. The highest BCUT2D eigenvalue weighted by atomic mass is 19.3. The minimum atomic E-state index is -2.96. The van der Waals surface area contributed by atoms with Crippen molar-refractivity contribution in [1.29, 1.82) is 0 Å². The van der Waals surface area contributed by atoms with Gasteiger partial charge >= 0.3 is 5.97 Å². The predicted octanol–water partition coefficient (Wildman–Crippen LogP) is 2.21. The summed E-state index contributed by atoms with van der Waals surface area (Å²) in [5.74, 6) is -6.14. The van der Waals surface area contributed by atoms with Crippen LogP contribution < -0.4 is 0 Å². The molecule has 15 heavy (non-hydrogen) atoms. The van der Waals surface area contributed by atoms with Crippen molar-refractivity contribution in [2.24, 2.45) is 5.92 Å². The molecule has 0 saturated heterocycles. The molecule has 0 radical (unpaired) electrons. The SMILES string of the molecule is COC(=O)[C@@H]1[C@H](c2ccccc2)C1(F)F. The molecule has 1 fully saturated rings. The molecule has 0 amide bonds. The number of methoxy groups -OCH3 is 1. The first-order valence-electron chi connectivity index (χ1n) is 4.59. The fourth-order valence-corrected chi connectivity index (χ4v) is 1.82. The number of carbonyl (C=O) groups is 1. The van der Waals surface area contributed by atoms with Gasteiger partial charge in [0, 0.05) is 0 Å². The summed E-state index contributed by atoms with van der Waals surface area (Å²) in [5, 5.41) is 0. The molecule has 1 aromatic carbocycles. The Morgan fingerprint density at radius 2 is 1.93 bits per heavy atom. The molecule has 0 N–H and O–H groups in total. The second kappa shape index (κ2) is 3.29. The summed E-state index contributed by atoms with van der Waals surface area (Å²) in [6.07, 6.45) is 0. The molecule has 0 bridgehead atoms. The third kappa shape index (κ3) is 1.50. The van der Waals surface area contributed by atoms with Gasteiger partial charge in [-0.25, -0.2) is 8.78 Å². The Kier molecular flexibility index (Phi) is 2.21. The molecular weight excluding hydrogens is 202 g/mol. The van der Waals surface area contributed by atoms with Gasteiger partial charge in [0.05, 0.1) is 13.0 Å². The van der Waals surface area contributed by atoms with Gasteiger partial charge in [0.1, 0.15) is 5.92 Å². The second-order valence-corrected chi connectivity index (χ2v) is 3.56. The van der Waals surface area contributed by atoms with Crippen LogP contribution in [0.2, 0.25) is 0 Å². The Balaban J connectivity index is 2.23. The zero-order valence-electron chi connectivity index (χ0n) is 8.11. The van der Waals surface area contributed by atoms with Gasteiger partial charge in [0.15, 0.2) is 0 Å². The molecule has 2 atom stereocenters. The van der Waals surface area contributed by atoms with Crippen molar-refractivity contribution in [1.82, 2.24) is 0 Å². The first-order valence-corrected chi connectivity index (χ1v) is 4.59. The Labute approximate surface area is 85.9 Å². The Bertz CT molecular complexity index is 375. The van der Waals surface area contributed by atoms with E-state index >= 15 is 0 Å². The molecule has 0 unspecified atom stereocenters. The number of carbonyl (C=O) groups excluding carboxylic acids is 1. The lowest BCUT2D eigenvalue weighted by molar-refractivity contribution is -0.144. The van der Waals surface area contributed by atoms with Crippen molar-refractivity contribution >= 4 is 5.97 Å². The van der Waals surface area contributed by atoms with E-state index in [0.717, 1.165) is 7.11 Å². The summed E-state index contributed by atoms with van der Waals surface area (Å²) < 4.78 is 30.9. The summed E-state index contributed by atoms with van der Waals surface area (Å²) in [4.78, 5) is 11.1. The molecule has 4 heteroatoms. The number of benzene rings is 1. The topological polar surface area (TPSA) is 26.3 Å². The fraction of sp³-hybridized carbons (Fsp3) is 0.364. The first kappa shape index (κ1) is 10.1. The van der Waals surface area contributed by atoms with Crippen LogP contribution in [0.25, 0.3) is 0 Å². The Morgan fingerprint density at radius 1 is 1.33 bits per heavy atom. The van der Waals surface area contributed by atoms with E-state index < -0.39 is 23.7 Å². The normalized spacial score (nSPS) is 27.1. The number of ether oxygens (including phenoxy) is 1. The molecule has 2 rings (SSSR count). The van der Waals surface area contributed by atoms with E-state index in [4.69, 9.17) is 0 Å². The molecule has 2 nitrogen and oxygen atoms in total. The summed E-state index contributed by atoms with van der Waals surface area (Å²) in [6, 6.07) is 8.30. The van der Waals surface area contributed by atoms with Gasteiger partial charge in [-0.3, -0.25) is 4.79 Å². The van der Waals surface area contributed by atoms with Gasteiger partial charge in [0.2, 0.25) is 0 Å². The van der Waals surface area contributed by atoms with Crippen LogP contribution in [0.5, 0.6) is 0 Å². The van der Waals surface area contributed by atoms with E-state index in [2.05, 4.69) is 4.74 Å². The molecule has 80 valence electrons. The lowest BCUT2D eigenvalue weighted by Crippen LogP contribution is -2.08. The minimum absolute atomic E-state index is 0.484. The van der Waals surface area contributed by atoms with Crippen LogP contribution in [-0.4, -0.2) is 19.0 Å². The highest BCUT2D eigenvalue weighted by molar-refractivity contribution is 5.80. The first-order chi connectivity index (χ1) is 7.09. The smallest absolute Gasteiger partial charge is 0.315 e. The average molecular weight is 212 g/mol. The Hall–Kier alpha value is -1.45.